The van der Waals surface area contributed by atoms with E-state index in [9.17, 15) is 72.2 Å². The number of nitrogens with one attached hydrogen (secondary N) is 5. The normalized spacial score (nSPS) is 21.4. The van der Waals surface area contributed by atoms with Crippen LogP contribution in [0.25, 0.3) is 0 Å². The molecule has 0 radical (unpaired) electrons. The van der Waals surface area contributed by atoms with Gasteiger partial charge in [-0.05, 0) is 105 Å². The topological polar surface area (TPSA) is 491 Å². The van der Waals surface area contributed by atoms with Gasteiger partial charge in [-0.2, -0.15) is 0 Å². The van der Waals surface area contributed by atoms with Crippen LogP contribution in [-0.4, -0.2) is 283 Å². The lowest BCUT2D eigenvalue weighted by Gasteiger charge is -2.44. The van der Waals surface area contributed by atoms with Crippen molar-refractivity contribution in [3.63, 3.8) is 0 Å². The second kappa shape index (κ2) is 61.4. The van der Waals surface area contributed by atoms with Crippen molar-refractivity contribution in [3.8, 4) is 11.5 Å². The van der Waals surface area contributed by atoms with Crippen molar-refractivity contribution in [2.24, 2.45) is 17.8 Å². The first-order valence-electron chi connectivity index (χ1n) is 47.5. The summed E-state index contributed by atoms with van der Waals surface area (Å²) in [6, 6.07) is 21.3. The molecule has 0 aromatic heterocycles. The van der Waals surface area contributed by atoms with Crippen molar-refractivity contribution < 1.29 is 153 Å². The van der Waals surface area contributed by atoms with Crippen molar-refractivity contribution in [3.05, 3.63) is 95.6 Å². The molecule has 0 aliphatic carbocycles. The third kappa shape index (κ3) is 40.6. The maximum atomic E-state index is 15.8. The summed E-state index contributed by atoms with van der Waals surface area (Å²) in [4.78, 5) is 196. The van der Waals surface area contributed by atoms with Crippen molar-refractivity contribution in [2.45, 2.75) is 303 Å². The predicted molar refractivity (Wildman–Crippen MR) is 493 cm³/mol. The fraction of sp³-hybridized carbons (Fsp3) is 0.663. The molecule has 39 heteroatoms. The van der Waals surface area contributed by atoms with Gasteiger partial charge in [0.05, 0.1) is 51.8 Å². The van der Waals surface area contributed by atoms with Crippen LogP contribution in [0.3, 0.4) is 0 Å². The van der Waals surface area contributed by atoms with E-state index in [0.29, 0.717) is 118 Å². The number of aliphatic carboxylic acids is 1. The van der Waals surface area contributed by atoms with E-state index in [1.54, 1.807) is 49.9 Å². The number of carboxylic acid groups (broad SMARTS) is 1. The van der Waals surface area contributed by atoms with Gasteiger partial charge in [0, 0.05) is 158 Å². The number of benzene rings is 3. The summed E-state index contributed by atoms with van der Waals surface area (Å²) in [7, 11) is 3.06. The van der Waals surface area contributed by atoms with Crippen LogP contribution < -0.4 is 36.1 Å². The Balaban J connectivity index is 1.19. The minimum atomic E-state index is -1.70. The minimum Gasteiger partial charge on any atom is -0.497 e. The molecule has 0 saturated carbocycles. The first-order chi connectivity index (χ1) is 65.4. The summed E-state index contributed by atoms with van der Waals surface area (Å²) < 4.78 is 94.0. The lowest BCUT2D eigenvalue weighted by molar-refractivity contribution is -0.262. The van der Waals surface area contributed by atoms with Gasteiger partial charge in [-0.3, -0.25) is 71.9 Å². The van der Waals surface area contributed by atoms with E-state index in [1.807, 2.05) is 54.6 Å². The Morgan fingerprint density at radius 3 is 1.09 bits per heavy atom. The third-order valence-corrected chi connectivity index (χ3v) is 23.6. The van der Waals surface area contributed by atoms with E-state index in [4.69, 9.17) is 75.8 Å². The Hall–Kier alpha value is -11.0. The van der Waals surface area contributed by atoms with E-state index in [1.165, 1.54) is 81.4 Å². The molecule has 0 bridgehead atoms. The molecule has 3 aliphatic heterocycles. The minimum absolute atomic E-state index is 0.00184. The Labute approximate surface area is 802 Å². The molecule has 0 spiro atoms. The highest BCUT2D eigenvalue weighted by Gasteiger charge is 2.51. The van der Waals surface area contributed by atoms with Crippen LogP contribution >= 0.6 is 0 Å². The molecule has 3 aromatic carbocycles. The molecule has 7 amide bonds. The average molecular weight is 1930 g/mol. The number of carbonyl (C=O) groups excluding carboxylic acids is 14. The summed E-state index contributed by atoms with van der Waals surface area (Å²) in [6.07, 6.45) is -2.52. The number of amides is 7. The zero-order valence-electron chi connectivity index (χ0n) is 81.8. The van der Waals surface area contributed by atoms with Gasteiger partial charge in [-0.25, -0.2) is 0 Å². The Morgan fingerprint density at radius 1 is 0.394 bits per heavy atom. The fourth-order valence-corrected chi connectivity index (χ4v) is 16.7. The Bertz CT molecular complexity index is 4240. The third-order valence-electron chi connectivity index (χ3n) is 23.6. The summed E-state index contributed by atoms with van der Waals surface area (Å²) in [5, 5.41) is 24.3. The maximum absolute atomic E-state index is 15.8. The molecule has 3 fully saturated rings. The maximum Gasteiger partial charge on any atom is 0.307 e. The predicted octanol–water partition coefficient (Wildman–Crippen LogP) is 8.22. The molecule has 764 valence electrons. The van der Waals surface area contributed by atoms with Gasteiger partial charge < -0.3 is 117 Å². The van der Waals surface area contributed by atoms with E-state index in [-0.39, 0.29) is 146 Å². The van der Waals surface area contributed by atoms with Gasteiger partial charge in [0.1, 0.15) is 73.5 Å². The molecule has 137 heavy (non-hydrogen) atoms. The zero-order valence-corrected chi connectivity index (χ0v) is 81.8. The fourth-order valence-electron chi connectivity index (χ4n) is 16.7. The second-order valence-corrected chi connectivity index (χ2v) is 34.6. The summed E-state index contributed by atoms with van der Waals surface area (Å²) in [5.41, 5.74) is 0.261. The first kappa shape index (κ1) is 115. The van der Waals surface area contributed by atoms with E-state index < -0.39 is 176 Å². The lowest BCUT2D eigenvalue weighted by Crippen LogP contribution is -2.62. The molecule has 39 nitrogen and oxygen atoms in total. The molecular weight excluding hydrogens is 1790 g/mol. The summed E-state index contributed by atoms with van der Waals surface area (Å²) in [6.45, 7) is 16.9. The highest BCUT2D eigenvalue weighted by molar-refractivity contribution is 5.85. The molecule has 7 unspecified atom stereocenters. The molecule has 6 N–H and O–H groups in total. The van der Waals surface area contributed by atoms with E-state index in [2.05, 4.69) is 26.6 Å². The Kier molecular flexibility index (Phi) is 51.4. The SMILES string of the molecule is COc1ccc(C(OCC(OC(=O)CCC(=O)O)C(=O)N(CCCCN(CCCNC(=O)CCCCCCO[C@@H]2OC(COC(C)=O)[C@H](OC(C)=O)[C@H](C)C2NC(C)=O)C(=O)CCCCCCO[C@@H]2OC(COC(C)=O)[C@H](OC(C)=O)[C@H](C)C2NC(C)=O)CCCNC(=O)CCCCCCO[C@@H]2OC(COC(C)=O)[C@H](OC(C)=O)[C@H](C)C2NC(C)=O)(c2ccccc2)c2ccc(OC)cc2)cc1. The molecular formula is C98H145N7O32. The number of ether oxygens (including phenoxy) is 16. The number of nitrogens with zero attached hydrogens (tertiary/aromatic N) is 2. The molecule has 3 saturated heterocycles. The van der Waals surface area contributed by atoms with Gasteiger partial charge in [-0.15, -0.1) is 0 Å². The second-order valence-electron chi connectivity index (χ2n) is 34.6. The number of carboxylic acids is 1. The van der Waals surface area contributed by atoms with Crippen LogP contribution in [0.4, 0.5) is 0 Å². The number of hydrogen-bond acceptors (Lipinski definition) is 31. The molecule has 3 heterocycles. The van der Waals surface area contributed by atoms with Crippen molar-refractivity contribution in [1.29, 1.82) is 0 Å². The highest BCUT2D eigenvalue weighted by Crippen LogP contribution is 2.43. The molecule has 6 rings (SSSR count). The van der Waals surface area contributed by atoms with Crippen molar-refractivity contribution in [1.82, 2.24) is 36.4 Å². The quantitative estimate of drug-likeness (QED) is 0.0134. The van der Waals surface area contributed by atoms with Crippen LogP contribution in [-0.2, 0) is 144 Å². The summed E-state index contributed by atoms with van der Waals surface area (Å²) >= 11 is 0. The van der Waals surface area contributed by atoms with Gasteiger partial charge >= 0.3 is 47.8 Å². The highest BCUT2D eigenvalue weighted by atomic mass is 16.7. The van der Waals surface area contributed by atoms with Gasteiger partial charge in [0.2, 0.25) is 41.5 Å². The van der Waals surface area contributed by atoms with Crippen LogP contribution in [0.2, 0.25) is 0 Å². The smallest absolute Gasteiger partial charge is 0.307 e. The largest absolute Gasteiger partial charge is 0.497 e. The van der Waals surface area contributed by atoms with E-state index in [0.717, 1.165) is 0 Å². The van der Waals surface area contributed by atoms with Crippen LogP contribution in [0.5, 0.6) is 11.5 Å². The van der Waals surface area contributed by atoms with Crippen molar-refractivity contribution >= 4 is 89.1 Å². The molecule has 3 aromatic rings. The average Bonchev–Trinajstić information content (AvgIpc) is 0.750. The molecule has 3 aliphatic rings. The van der Waals surface area contributed by atoms with Crippen LogP contribution in [0.15, 0.2) is 78.9 Å². The molecule has 16 atom stereocenters. The van der Waals surface area contributed by atoms with Gasteiger partial charge in [-0.1, -0.05) is 114 Å². The zero-order chi connectivity index (χ0) is 101. The number of carbonyl (C=O) groups is 15. The van der Waals surface area contributed by atoms with E-state index >= 15 is 4.79 Å². The number of hydrogen-bond donors (Lipinski definition) is 6. The standard InChI is InChI=1S/C98H145N7O32/c1-62-88(101-65(4)106)95(135-79(58-127-68(7)109)91(62)131-71(10)112)124-55-29-18-15-24-36-83(115)99-49-32-53-104(85(117)38-26-17-20-31-57-126-97-90(103-67(6)108)64(3)93(133-73(12)114)81(137-97)60-129-70(9)111)51-27-28-52-105(54-33-50-100-84(116)37-25-16-19-30-56-125-96-89(102-66(5)107)63(2)92(132-72(11)113)80(136-96)59-128-69(8)110)94(121)82(134-87(120)48-47-86(118)119)61-130-98(74-34-22-21-23-35-74,75-39-43-77(122-13)44-40-75)76-41-45-78(123-14)46-42-76/h21-23,34-35,39-46,62-64,79-82,88-93,95-97H,15-20,24-33,36-38,47-61H2,1-14H3,(H,99,115)(H,100,116)(H,101,106)(H,102,107)(H,103,108)(H,118,119)/t62-,63-,64-,79?,80?,81?,82?,88?,89?,90?,91-,92-,93-,95-,96-,97-/m1/s1. The number of esters is 7. The lowest BCUT2D eigenvalue weighted by atomic mass is 9.80. The first-order valence-corrected chi connectivity index (χ1v) is 47.5. The van der Waals surface area contributed by atoms with Crippen LogP contribution in [0, 0.1) is 17.8 Å². The number of unbranched alkanes of at least 4 members (excludes halogenated alkanes) is 10. The van der Waals surface area contributed by atoms with Gasteiger partial charge in [0.15, 0.2) is 18.9 Å². The Morgan fingerprint density at radius 2 is 0.737 bits per heavy atom. The number of rotatable bonds is 62. The van der Waals surface area contributed by atoms with Crippen LogP contribution in [0.1, 0.15) is 235 Å². The van der Waals surface area contributed by atoms with Crippen molar-refractivity contribution in [2.75, 3.05) is 99.7 Å². The summed E-state index contributed by atoms with van der Waals surface area (Å²) in [5.74, 6) is -8.61. The number of methoxy groups -OCH3 is 2. The monoisotopic (exact) mass is 1930 g/mol. The van der Waals surface area contributed by atoms with Gasteiger partial charge in [0.25, 0.3) is 5.91 Å².